The Hall–Kier alpha value is -4.24. The van der Waals surface area contributed by atoms with Crippen molar-refractivity contribution in [2.45, 2.75) is 13.5 Å². The van der Waals surface area contributed by atoms with E-state index in [1.165, 1.54) is 12.1 Å². The average Bonchev–Trinajstić information content (AvgIpc) is 2.90. The number of pyridine rings is 1. The minimum atomic E-state index is -0.661. The topological polar surface area (TPSA) is 90.9 Å². The number of benzene rings is 3. The summed E-state index contributed by atoms with van der Waals surface area (Å²) in [4.78, 5) is 16.7. The fourth-order valence-electron chi connectivity index (χ4n) is 3.89. The molecule has 0 fully saturated rings. The molecule has 37 heavy (non-hydrogen) atoms. The van der Waals surface area contributed by atoms with Gasteiger partial charge in [0.1, 0.15) is 19.0 Å². The number of ether oxygens (including phenoxy) is 4. The van der Waals surface area contributed by atoms with E-state index in [0.29, 0.717) is 58.7 Å². The molecular weight excluding hydrogens is 501 g/mol. The molecule has 0 radical (unpaired) electrons. The number of nitrogens with zero attached hydrogens (tertiary/aromatic N) is 1. The van der Waals surface area contributed by atoms with E-state index in [9.17, 15) is 9.18 Å². The van der Waals surface area contributed by atoms with Gasteiger partial charge in [-0.2, -0.15) is 0 Å². The van der Waals surface area contributed by atoms with E-state index in [1.807, 2.05) is 19.1 Å². The summed E-state index contributed by atoms with van der Waals surface area (Å²) >= 11 is 6.11. The summed E-state index contributed by atoms with van der Waals surface area (Å²) in [5, 5.41) is 6.39. The van der Waals surface area contributed by atoms with Crippen LogP contribution in [-0.4, -0.2) is 30.8 Å². The van der Waals surface area contributed by atoms with Gasteiger partial charge in [0.2, 0.25) is 5.75 Å². The molecule has 2 heterocycles. The van der Waals surface area contributed by atoms with E-state index < -0.39 is 11.8 Å². The molecule has 2 N–H and O–H groups in total. The van der Waals surface area contributed by atoms with Crippen LogP contribution in [0.3, 0.4) is 0 Å². The van der Waals surface area contributed by atoms with Crippen molar-refractivity contribution >= 4 is 34.2 Å². The van der Waals surface area contributed by atoms with Crippen LogP contribution in [0.4, 0.5) is 14.9 Å². The summed E-state index contributed by atoms with van der Waals surface area (Å²) in [6, 6.07) is 14.2. The predicted octanol–water partition coefficient (Wildman–Crippen LogP) is 6.31. The van der Waals surface area contributed by atoms with Gasteiger partial charge in [-0.3, -0.25) is 4.98 Å². The molecule has 1 aromatic heterocycles. The highest BCUT2D eigenvalue weighted by Crippen LogP contribution is 2.48. The van der Waals surface area contributed by atoms with Crippen LogP contribution in [0.1, 0.15) is 12.5 Å². The van der Waals surface area contributed by atoms with E-state index in [4.69, 9.17) is 30.5 Å². The van der Waals surface area contributed by atoms with Gasteiger partial charge in [-0.1, -0.05) is 29.8 Å². The fraction of sp³-hybridized carbons (Fsp3) is 0.185. The normalized spacial score (nSPS) is 12.2. The lowest BCUT2D eigenvalue weighted by molar-refractivity contribution is 0.165. The second-order valence-corrected chi connectivity index (χ2v) is 8.42. The van der Waals surface area contributed by atoms with Gasteiger partial charge >= 0.3 is 6.03 Å². The first kappa shape index (κ1) is 24.5. The second kappa shape index (κ2) is 10.8. The molecule has 0 aliphatic carbocycles. The molecule has 0 atom stereocenters. The molecular formula is C27H23ClFN3O5. The van der Waals surface area contributed by atoms with Crippen LogP contribution < -0.4 is 29.6 Å². The maximum atomic E-state index is 15.0. The molecule has 5 rings (SSSR count). The number of anilines is 1. The van der Waals surface area contributed by atoms with Crippen molar-refractivity contribution in [2.24, 2.45) is 0 Å². The number of carbonyl (C=O) groups excluding carboxylic acids is 1. The van der Waals surface area contributed by atoms with Crippen LogP contribution >= 0.6 is 11.6 Å². The maximum Gasteiger partial charge on any atom is 0.319 e. The highest BCUT2D eigenvalue weighted by atomic mass is 35.5. The van der Waals surface area contributed by atoms with Crippen LogP contribution in [0.15, 0.2) is 60.8 Å². The van der Waals surface area contributed by atoms with Crippen LogP contribution in [0.5, 0.6) is 28.7 Å². The Bertz CT molecular complexity index is 1470. The Balaban J connectivity index is 1.35. The summed E-state index contributed by atoms with van der Waals surface area (Å²) in [5.41, 5.74) is 1.58. The fourth-order valence-corrected chi connectivity index (χ4v) is 4.10. The van der Waals surface area contributed by atoms with Crippen LogP contribution in [0.2, 0.25) is 5.02 Å². The smallest absolute Gasteiger partial charge is 0.319 e. The zero-order valence-corrected chi connectivity index (χ0v) is 20.6. The maximum absolute atomic E-state index is 15.0. The van der Waals surface area contributed by atoms with Gasteiger partial charge < -0.3 is 29.6 Å². The lowest BCUT2D eigenvalue weighted by Gasteiger charge is -2.23. The van der Waals surface area contributed by atoms with Crippen molar-refractivity contribution in [3.05, 3.63) is 77.2 Å². The number of hydrogen-bond acceptors (Lipinski definition) is 6. The first-order valence-corrected chi connectivity index (χ1v) is 12.0. The molecule has 190 valence electrons. The number of carbonyl (C=O) groups is 1. The van der Waals surface area contributed by atoms with Gasteiger partial charge in [0.25, 0.3) is 0 Å². The van der Waals surface area contributed by atoms with E-state index in [-0.39, 0.29) is 18.0 Å². The van der Waals surface area contributed by atoms with Gasteiger partial charge in [0.15, 0.2) is 23.1 Å². The highest BCUT2D eigenvalue weighted by Gasteiger charge is 2.25. The van der Waals surface area contributed by atoms with Gasteiger partial charge in [-0.25, -0.2) is 9.18 Å². The number of urea groups is 1. The first-order valence-electron chi connectivity index (χ1n) is 11.6. The average molecular weight is 524 g/mol. The molecule has 0 saturated heterocycles. The first-order chi connectivity index (χ1) is 18.0. The van der Waals surface area contributed by atoms with Crippen molar-refractivity contribution in [3.8, 4) is 28.7 Å². The van der Waals surface area contributed by atoms with E-state index in [2.05, 4.69) is 15.6 Å². The minimum Gasteiger partial charge on any atom is -0.490 e. The van der Waals surface area contributed by atoms with Gasteiger partial charge in [0, 0.05) is 35.6 Å². The summed E-state index contributed by atoms with van der Waals surface area (Å²) in [6.07, 6.45) is 1.56. The molecule has 0 spiro atoms. The Morgan fingerprint density at radius 1 is 1.05 bits per heavy atom. The Labute approximate surface area is 217 Å². The number of hydrogen-bond donors (Lipinski definition) is 2. The van der Waals surface area contributed by atoms with Crippen molar-refractivity contribution in [1.82, 2.24) is 10.3 Å². The predicted molar refractivity (Wildman–Crippen MR) is 138 cm³/mol. The van der Waals surface area contributed by atoms with Gasteiger partial charge in [-0.05, 0) is 36.8 Å². The third kappa shape index (κ3) is 5.31. The van der Waals surface area contributed by atoms with Crippen LogP contribution in [-0.2, 0) is 6.54 Å². The highest BCUT2D eigenvalue weighted by molar-refractivity contribution is 6.31. The number of halogens is 2. The van der Waals surface area contributed by atoms with Crippen molar-refractivity contribution < 1.29 is 28.1 Å². The molecule has 3 aromatic carbocycles. The van der Waals surface area contributed by atoms with E-state index in [1.54, 1.807) is 36.5 Å². The molecule has 8 nitrogen and oxygen atoms in total. The molecule has 0 unspecified atom stereocenters. The Morgan fingerprint density at radius 2 is 1.86 bits per heavy atom. The van der Waals surface area contributed by atoms with Crippen LogP contribution in [0.25, 0.3) is 10.9 Å². The Kier molecular flexibility index (Phi) is 7.14. The third-order valence-electron chi connectivity index (χ3n) is 5.55. The summed E-state index contributed by atoms with van der Waals surface area (Å²) in [5.74, 6) is 1.06. The quantitative estimate of drug-likeness (QED) is 0.295. The SMILES string of the molecule is CCOc1cc2nccc(Oc3ccc(NC(=O)NCc4ccccc4Cl)cc3F)c2c2c1OCCO2. The number of fused-ring (bicyclic) bond motifs is 3. The molecule has 1 aliphatic rings. The van der Waals surface area contributed by atoms with Crippen molar-refractivity contribution in [1.29, 1.82) is 0 Å². The monoisotopic (exact) mass is 523 g/mol. The molecule has 1 aliphatic heterocycles. The molecule has 10 heteroatoms. The zero-order chi connectivity index (χ0) is 25.8. The van der Waals surface area contributed by atoms with Crippen LogP contribution in [0, 0.1) is 5.82 Å². The van der Waals surface area contributed by atoms with E-state index >= 15 is 0 Å². The molecule has 0 bridgehead atoms. The third-order valence-corrected chi connectivity index (χ3v) is 5.92. The summed E-state index contributed by atoms with van der Waals surface area (Å²) < 4.78 is 38.3. The standard InChI is InChI=1S/C27H23ClFN3O5/c1-2-34-23-14-20-24(26-25(23)35-11-12-36-26)22(9-10-30-20)37-21-8-7-17(13-19(21)29)32-27(33)31-15-16-5-3-4-6-18(16)28/h3-10,13-14H,2,11-12,15H2,1H3,(H2,31,32,33). The number of aromatic nitrogens is 1. The Morgan fingerprint density at radius 3 is 2.65 bits per heavy atom. The second-order valence-electron chi connectivity index (χ2n) is 8.01. The molecule has 4 aromatic rings. The van der Waals surface area contributed by atoms with Gasteiger partial charge in [-0.15, -0.1) is 0 Å². The lowest BCUT2D eigenvalue weighted by Crippen LogP contribution is -2.28. The van der Waals surface area contributed by atoms with E-state index in [0.717, 1.165) is 5.56 Å². The summed E-state index contributed by atoms with van der Waals surface area (Å²) in [7, 11) is 0. The minimum absolute atomic E-state index is 0.0334. The number of amides is 2. The van der Waals surface area contributed by atoms with Crippen molar-refractivity contribution in [3.63, 3.8) is 0 Å². The van der Waals surface area contributed by atoms with Crippen molar-refractivity contribution in [2.75, 3.05) is 25.1 Å². The molecule has 2 amide bonds. The lowest BCUT2D eigenvalue weighted by atomic mass is 10.1. The zero-order valence-electron chi connectivity index (χ0n) is 19.8. The molecule has 0 saturated carbocycles. The number of rotatable bonds is 7. The number of nitrogens with one attached hydrogen (secondary N) is 2. The summed E-state index contributed by atoms with van der Waals surface area (Å²) in [6.45, 7) is 3.27. The van der Waals surface area contributed by atoms with Gasteiger partial charge in [0.05, 0.1) is 17.5 Å². The largest absolute Gasteiger partial charge is 0.490 e.